The molecule has 5 atom stereocenters. The Balaban J connectivity index is 5.46. The standard InChI is InChI=1S/C85H144O17P2/c1-5-9-13-17-21-25-29-33-37-39-43-46-50-54-58-62-66-70-83(88)96-76-81(102-85(90)72-68-64-60-56-52-48-44-40-38-34-30-26-22-18-14-10-6-2)78-100-104(93,94)98-74-79(86)73-97-103(91,92)99-77-80(101-84(89)71-67-63-59-55-51-47-42-36-32-28-24-20-16-12-8-4)75-95-82(87)69-65-61-57-53-49-45-41-35-31-27-23-19-15-11-7-3/h9,13,21,23-25,27-28,33-38,41-44,46,48,56,60,79-81,86H,5-8,10-12,14-20,22,26,29-32,39-40,45,47,49-55,57-59,61-78H2,1-4H3,(H,91,92)(H,93,94)/t79?,80-,81-/m1/s1. The molecule has 0 aliphatic heterocycles. The second-order valence-corrected chi connectivity index (χ2v) is 29.5. The number of hydrogen-bond acceptors (Lipinski definition) is 15. The summed E-state index contributed by atoms with van der Waals surface area (Å²) in [4.78, 5) is 73.0. The smallest absolute Gasteiger partial charge is 0.462 e. The number of phosphoric ester groups is 2. The number of carbonyl (C=O) groups excluding carboxylic acids is 4. The number of ether oxygens (including phenoxy) is 4. The highest BCUT2D eigenvalue weighted by atomic mass is 31.2. The second kappa shape index (κ2) is 76.4. The first-order chi connectivity index (χ1) is 50.7. The minimum absolute atomic E-state index is 0.0142. The van der Waals surface area contributed by atoms with Crippen LogP contribution in [0.5, 0.6) is 0 Å². The van der Waals surface area contributed by atoms with Crippen molar-refractivity contribution >= 4 is 39.5 Å². The number of carbonyl (C=O) groups is 4. The number of unbranched alkanes of at least 4 members (excludes halogenated alkanes) is 27. The van der Waals surface area contributed by atoms with E-state index in [-0.39, 0.29) is 25.7 Å². The fourth-order valence-corrected chi connectivity index (χ4v) is 12.0. The molecule has 0 fully saturated rings. The molecule has 17 nitrogen and oxygen atoms in total. The number of allylic oxidation sites excluding steroid dienone is 22. The molecular formula is C85H144O17P2. The third-order valence-electron chi connectivity index (χ3n) is 16.6. The Labute approximate surface area is 631 Å². The van der Waals surface area contributed by atoms with Crippen molar-refractivity contribution in [3.05, 3.63) is 134 Å². The number of rotatable bonds is 75. The monoisotopic (exact) mass is 1500 g/mol. The average Bonchev–Trinajstić information content (AvgIpc) is 0.926. The van der Waals surface area contributed by atoms with Gasteiger partial charge in [-0.15, -0.1) is 0 Å². The fraction of sp³-hybridized carbons (Fsp3) is 0.694. The molecule has 0 saturated carbocycles. The van der Waals surface area contributed by atoms with Gasteiger partial charge in [-0.2, -0.15) is 0 Å². The van der Waals surface area contributed by atoms with E-state index in [0.717, 1.165) is 161 Å². The molecule has 0 radical (unpaired) electrons. The van der Waals surface area contributed by atoms with Crippen molar-refractivity contribution in [1.29, 1.82) is 0 Å². The summed E-state index contributed by atoms with van der Waals surface area (Å²) in [5.41, 5.74) is 0. The molecule has 0 aliphatic rings. The molecule has 0 aromatic carbocycles. The van der Waals surface area contributed by atoms with Crippen LogP contribution < -0.4 is 0 Å². The first-order valence-corrected chi connectivity index (χ1v) is 43.4. The molecule has 0 spiro atoms. The zero-order valence-corrected chi connectivity index (χ0v) is 66.9. The highest BCUT2D eigenvalue weighted by Gasteiger charge is 2.30. The summed E-state index contributed by atoms with van der Waals surface area (Å²) in [5, 5.41) is 10.6. The van der Waals surface area contributed by atoms with Crippen LogP contribution in [0.1, 0.15) is 323 Å². The van der Waals surface area contributed by atoms with Gasteiger partial charge in [0.1, 0.15) is 19.3 Å². The second-order valence-electron chi connectivity index (χ2n) is 26.6. The van der Waals surface area contributed by atoms with Crippen molar-refractivity contribution in [2.75, 3.05) is 39.6 Å². The average molecular weight is 1500 g/mol. The van der Waals surface area contributed by atoms with Crippen LogP contribution in [-0.2, 0) is 65.4 Å². The zero-order valence-electron chi connectivity index (χ0n) is 65.2. The van der Waals surface area contributed by atoms with Gasteiger partial charge in [0.2, 0.25) is 0 Å². The Morgan fingerprint density at radius 3 is 0.827 bits per heavy atom. The van der Waals surface area contributed by atoms with Crippen LogP contribution in [-0.4, -0.2) is 96.7 Å². The number of aliphatic hydroxyl groups is 1. The van der Waals surface area contributed by atoms with Crippen molar-refractivity contribution < 1.29 is 80.2 Å². The molecule has 19 heteroatoms. The van der Waals surface area contributed by atoms with Gasteiger partial charge in [-0.25, -0.2) is 9.13 Å². The van der Waals surface area contributed by atoms with Gasteiger partial charge in [-0.05, 0) is 161 Å². The van der Waals surface area contributed by atoms with E-state index >= 15 is 0 Å². The molecule has 3 N–H and O–H groups in total. The lowest BCUT2D eigenvalue weighted by atomic mass is 10.1. The van der Waals surface area contributed by atoms with Crippen molar-refractivity contribution in [3.63, 3.8) is 0 Å². The van der Waals surface area contributed by atoms with Gasteiger partial charge < -0.3 is 33.8 Å². The highest BCUT2D eigenvalue weighted by molar-refractivity contribution is 7.47. The maximum Gasteiger partial charge on any atom is 0.472 e. The summed E-state index contributed by atoms with van der Waals surface area (Å²) >= 11 is 0. The van der Waals surface area contributed by atoms with E-state index in [9.17, 15) is 43.2 Å². The van der Waals surface area contributed by atoms with Crippen molar-refractivity contribution in [2.24, 2.45) is 0 Å². The molecule has 0 bridgehead atoms. The molecule has 104 heavy (non-hydrogen) atoms. The van der Waals surface area contributed by atoms with Gasteiger partial charge in [0.05, 0.1) is 26.4 Å². The van der Waals surface area contributed by atoms with E-state index < -0.39 is 97.5 Å². The van der Waals surface area contributed by atoms with Gasteiger partial charge in [-0.1, -0.05) is 271 Å². The molecule has 596 valence electrons. The van der Waals surface area contributed by atoms with Crippen LogP contribution in [0.15, 0.2) is 134 Å². The fourth-order valence-electron chi connectivity index (χ4n) is 10.4. The SMILES string of the molecule is CCC=CCC=CCC=CCC=CCCCCCCC(=O)OC[C@H](COP(=O)(O)OCC(O)COP(=O)(O)OC[C@@H](COC(=O)CCCCCCCC=CCC=CCCCCC)OC(=O)CCCCCCCC=CCC=CCCCCC)OC(=O)CCCC=CCC=CCC=CCCCCCCCC. The summed E-state index contributed by atoms with van der Waals surface area (Å²) < 4.78 is 68.5. The van der Waals surface area contributed by atoms with Gasteiger partial charge in [0.25, 0.3) is 0 Å². The predicted molar refractivity (Wildman–Crippen MR) is 427 cm³/mol. The summed E-state index contributed by atoms with van der Waals surface area (Å²) in [6.45, 7) is 4.60. The Hall–Kier alpha value is -4.80. The van der Waals surface area contributed by atoms with Crippen LogP contribution in [0, 0.1) is 0 Å². The Bertz CT molecular complexity index is 2490. The van der Waals surface area contributed by atoms with Gasteiger partial charge in [0.15, 0.2) is 12.2 Å². The highest BCUT2D eigenvalue weighted by Crippen LogP contribution is 2.45. The van der Waals surface area contributed by atoms with Crippen molar-refractivity contribution in [2.45, 2.75) is 341 Å². The summed E-state index contributed by atoms with van der Waals surface area (Å²) in [7, 11) is -9.99. The van der Waals surface area contributed by atoms with Crippen LogP contribution in [0.2, 0.25) is 0 Å². The molecule has 0 aromatic heterocycles. The largest absolute Gasteiger partial charge is 0.472 e. The summed E-state index contributed by atoms with van der Waals surface area (Å²) in [5.74, 6) is -2.29. The Kier molecular flexibility index (Phi) is 72.9. The lowest BCUT2D eigenvalue weighted by Crippen LogP contribution is -2.30. The van der Waals surface area contributed by atoms with E-state index in [0.29, 0.717) is 32.1 Å². The quantitative estimate of drug-likeness (QED) is 0.0169. The van der Waals surface area contributed by atoms with Gasteiger partial charge >= 0.3 is 39.5 Å². The lowest BCUT2D eigenvalue weighted by Gasteiger charge is -2.21. The van der Waals surface area contributed by atoms with E-state index in [1.54, 1.807) is 0 Å². The van der Waals surface area contributed by atoms with E-state index in [1.807, 2.05) is 12.2 Å². The van der Waals surface area contributed by atoms with Crippen LogP contribution >= 0.6 is 15.6 Å². The number of aliphatic hydroxyl groups excluding tert-OH is 1. The predicted octanol–water partition coefficient (Wildman–Crippen LogP) is 23.7. The molecule has 0 aliphatic carbocycles. The van der Waals surface area contributed by atoms with E-state index in [2.05, 4.69) is 149 Å². The number of hydrogen-bond donors (Lipinski definition) is 3. The van der Waals surface area contributed by atoms with Crippen molar-refractivity contribution in [1.82, 2.24) is 0 Å². The molecular weight excluding hydrogens is 1350 g/mol. The molecule has 0 aromatic rings. The molecule has 0 saturated heterocycles. The van der Waals surface area contributed by atoms with Gasteiger partial charge in [-0.3, -0.25) is 37.3 Å². The van der Waals surface area contributed by atoms with Crippen LogP contribution in [0.3, 0.4) is 0 Å². The lowest BCUT2D eigenvalue weighted by molar-refractivity contribution is -0.161. The van der Waals surface area contributed by atoms with Crippen molar-refractivity contribution in [3.8, 4) is 0 Å². The first kappa shape index (κ1) is 99.2. The maximum absolute atomic E-state index is 13.1. The molecule has 0 rings (SSSR count). The topological polar surface area (TPSA) is 237 Å². The van der Waals surface area contributed by atoms with Crippen LogP contribution in [0.25, 0.3) is 0 Å². The molecule has 0 heterocycles. The molecule has 3 unspecified atom stereocenters. The summed E-state index contributed by atoms with van der Waals surface area (Å²) in [6.07, 6.45) is 85.7. The third-order valence-corrected chi connectivity index (χ3v) is 18.5. The van der Waals surface area contributed by atoms with E-state index in [1.165, 1.54) is 77.0 Å². The number of esters is 4. The zero-order chi connectivity index (χ0) is 76.0. The van der Waals surface area contributed by atoms with Gasteiger partial charge in [0, 0.05) is 25.7 Å². The minimum atomic E-state index is -5.00. The normalized spacial score (nSPS) is 14.6. The maximum atomic E-state index is 13.1. The first-order valence-electron chi connectivity index (χ1n) is 40.4. The Morgan fingerprint density at radius 1 is 0.279 bits per heavy atom. The van der Waals surface area contributed by atoms with Crippen LogP contribution in [0.4, 0.5) is 0 Å². The summed E-state index contributed by atoms with van der Waals surface area (Å²) in [6, 6.07) is 0. The number of phosphoric acid groups is 2. The molecule has 0 amide bonds. The van der Waals surface area contributed by atoms with E-state index in [4.69, 9.17) is 37.0 Å². The minimum Gasteiger partial charge on any atom is -0.462 e. The Morgan fingerprint density at radius 2 is 0.510 bits per heavy atom. The third kappa shape index (κ3) is 75.4.